The highest BCUT2D eigenvalue weighted by atomic mass is 32.2. The molecule has 0 spiro atoms. The van der Waals surface area contributed by atoms with Gasteiger partial charge in [0.15, 0.2) is 11.8 Å². The van der Waals surface area contributed by atoms with Gasteiger partial charge in [0.25, 0.3) is 5.91 Å². The Bertz CT molecular complexity index is 482. The van der Waals surface area contributed by atoms with Crippen LogP contribution < -0.4 is 5.32 Å². The Morgan fingerprint density at radius 1 is 1.75 bits per heavy atom. The van der Waals surface area contributed by atoms with Crippen LogP contribution in [0.1, 0.15) is 6.92 Å². The van der Waals surface area contributed by atoms with E-state index in [1.165, 1.54) is 35.5 Å². The first-order chi connectivity index (χ1) is 9.51. The van der Waals surface area contributed by atoms with E-state index in [-0.39, 0.29) is 23.0 Å². The lowest BCUT2D eigenvalue weighted by Gasteiger charge is -2.40. The first-order valence-electron chi connectivity index (χ1n) is 5.89. The number of β-lactam (4-membered cyclic amide) rings is 1. The van der Waals surface area contributed by atoms with Crippen molar-refractivity contribution < 1.29 is 19.4 Å². The third-order valence-corrected chi connectivity index (χ3v) is 5.82. The van der Waals surface area contributed by atoms with E-state index in [0.29, 0.717) is 9.99 Å². The molecule has 3 N–H and O–H groups in total. The van der Waals surface area contributed by atoms with Gasteiger partial charge in [-0.15, -0.1) is 11.8 Å². The third-order valence-electron chi connectivity index (χ3n) is 2.95. The number of hydrogen-bond acceptors (Lipinski definition) is 6. The van der Waals surface area contributed by atoms with Crippen molar-refractivity contribution in [2.75, 3.05) is 12.9 Å². The van der Waals surface area contributed by atoms with Crippen LogP contribution in [0, 0.1) is 5.41 Å². The van der Waals surface area contributed by atoms with Gasteiger partial charge in [0.2, 0.25) is 0 Å². The predicted octanol–water partition coefficient (Wildman–Crippen LogP) is 0.489. The zero-order valence-electron chi connectivity index (χ0n) is 11.0. The monoisotopic (exact) mass is 317 g/mol. The Morgan fingerprint density at radius 2 is 2.45 bits per heavy atom. The fraction of sp³-hybridized carbons (Fsp3) is 0.545. The summed E-state index contributed by atoms with van der Waals surface area (Å²) in [6.45, 7) is 1.90. The molecule has 2 unspecified atom stereocenters. The summed E-state index contributed by atoms with van der Waals surface area (Å²) in [7, 11) is 1.45. The molecule has 2 aliphatic heterocycles. The van der Waals surface area contributed by atoms with Crippen molar-refractivity contribution in [1.29, 1.82) is 5.41 Å². The van der Waals surface area contributed by atoms with E-state index >= 15 is 0 Å². The lowest BCUT2D eigenvalue weighted by atomic mass is 10.1. The van der Waals surface area contributed by atoms with Crippen molar-refractivity contribution in [2.45, 2.75) is 24.4 Å². The number of aliphatic carboxylic acids is 1. The predicted molar refractivity (Wildman–Crippen MR) is 77.5 cm³/mol. The smallest absolute Gasteiger partial charge is 0.354 e. The number of amides is 1. The number of carboxylic acid groups (broad SMARTS) is 1. The largest absolute Gasteiger partial charge is 0.477 e. The summed E-state index contributed by atoms with van der Waals surface area (Å²) in [5.74, 6) is -0.789. The number of carboxylic acids is 1. The van der Waals surface area contributed by atoms with Crippen molar-refractivity contribution in [3.8, 4) is 0 Å². The molecule has 0 bridgehead atoms. The number of nitrogens with zero attached hydrogens (tertiary/aromatic N) is 1. The van der Waals surface area contributed by atoms with E-state index in [1.54, 1.807) is 0 Å². The standard InChI is InChI=1S/C11H15N3O4S2/c1-5(13-4-12)3-19-11-6(10(16)17)14-8(15)7(18-2)9(14)20-11/h4-5,7,9H,3H2,1-2H3,(H2,12,13)(H,16,17)/t5?,7?,9-/m1/s1. The topological polar surface area (TPSA) is 103 Å². The second-order valence-electron chi connectivity index (χ2n) is 4.34. The number of carbonyl (C=O) groups is 2. The molecule has 2 aliphatic rings. The maximum Gasteiger partial charge on any atom is 0.354 e. The summed E-state index contributed by atoms with van der Waals surface area (Å²) in [6, 6.07) is 0.0443. The van der Waals surface area contributed by atoms with Crippen LogP contribution in [0.2, 0.25) is 0 Å². The molecule has 0 aromatic carbocycles. The molecule has 0 aromatic rings. The fourth-order valence-electron chi connectivity index (χ4n) is 1.95. The van der Waals surface area contributed by atoms with E-state index in [2.05, 4.69) is 5.32 Å². The van der Waals surface area contributed by atoms with Crippen LogP contribution in [-0.4, -0.2) is 58.6 Å². The van der Waals surface area contributed by atoms with Crippen LogP contribution in [-0.2, 0) is 14.3 Å². The molecular formula is C11H15N3O4S2. The lowest BCUT2D eigenvalue weighted by molar-refractivity contribution is -0.161. The van der Waals surface area contributed by atoms with Gasteiger partial charge in [-0.25, -0.2) is 4.79 Å². The minimum Gasteiger partial charge on any atom is -0.477 e. The molecule has 0 radical (unpaired) electrons. The number of hydrogen-bond donors (Lipinski definition) is 3. The first kappa shape index (κ1) is 15.2. The normalized spacial score (nSPS) is 26.1. The van der Waals surface area contributed by atoms with Gasteiger partial charge in [-0.2, -0.15) is 0 Å². The average molecular weight is 317 g/mol. The molecule has 1 fully saturated rings. The Hall–Kier alpha value is -1.19. The maximum atomic E-state index is 11.8. The molecule has 0 aromatic heterocycles. The number of thioether (sulfide) groups is 2. The Labute approximate surface area is 124 Å². The van der Waals surface area contributed by atoms with Crippen LogP contribution in [0.4, 0.5) is 0 Å². The second-order valence-corrected chi connectivity index (χ2v) is 6.75. The van der Waals surface area contributed by atoms with Crippen molar-refractivity contribution in [2.24, 2.45) is 0 Å². The van der Waals surface area contributed by atoms with E-state index in [1.807, 2.05) is 6.92 Å². The molecule has 110 valence electrons. The SMILES string of the molecule is COC1C(=O)N2C(C(=O)O)=C(SCC(C)NC=N)S[C@H]12. The number of methoxy groups -OCH3 is 1. The lowest BCUT2D eigenvalue weighted by Crippen LogP contribution is -2.61. The first-order valence-corrected chi connectivity index (χ1v) is 7.75. The highest BCUT2D eigenvalue weighted by Crippen LogP contribution is 2.51. The molecule has 3 atom stereocenters. The number of carbonyl (C=O) groups excluding carboxylic acids is 1. The molecule has 9 heteroatoms. The average Bonchev–Trinajstić information content (AvgIpc) is 2.72. The van der Waals surface area contributed by atoms with Crippen LogP contribution in [0.5, 0.6) is 0 Å². The van der Waals surface area contributed by atoms with E-state index in [4.69, 9.17) is 10.1 Å². The van der Waals surface area contributed by atoms with Crippen LogP contribution in [0.25, 0.3) is 0 Å². The van der Waals surface area contributed by atoms with Crippen LogP contribution in [0.15, 0.2) is 9.93 Å². The minimum atomic E-state index is -1.10. The van der Waals surface area contributed by atoms with Gasteiger partial charge in [-0.3, -0.25) is 15.1 Å². The molecule has 2 rings (SSSR count). The Morgan fingerprint density at radius 3 is 3.00 bits per heavy atom. The highest BCUT2D eigenvalue weighted by Gasteiger charge is 2.56. The summed E-state index contributed by atoms with van der Waals surface area (Å²) in [5, 5.41) is 18.8. The summed E-state index contributed by atoms with van der Waals surface area (Å²) in [5.41, 5.74) is 0.0466. The summed E-state index contributed by atoms with van der Waals surface area (Å²) < 4.78 is 5.69. The molecule has 20 heavy (non-hydrogen) atoms. The zero-order valence-corrected chi connectivity index (χ0v) is 12.6. The van der Waals surface area contributed by atoms with Gasteiger partial charge in [0.1, 0.15) is 5.37 Å². The molecule has 0 saturated carbocycles. The van der Waals surface area contributed by atoms with Crippen LogP contribution >= 0.6 is 23.5 Å². The molecule has 0 aliphatic carbocycles. The molecular weight excluding hydrogens is 302 g/mol. The zero-order chi connectivity index (χ0) is 14.9. The summed E-state index contributed by atoms with van der Waals surface area (Å²) >= 11 is 2.73. The van der Waals surface area contributed by atoms with E-state index in [0.717, 1.165) is 6.34 Å². The number of rotatable bonds is 7. The van der Waals surface area contributed by atoms with Crippen LogP contribution in [0.3, 0.4) is 0 Å². The van der Waals surface area contributed by atoms with Gasteiger partial charge in [-0.05, 0) is 6.92 Å². The summed E-state index contributed by atoms with van der Waals surface area (Å²) in [6.07, 6.45) is 0.543. The van der Waals surface area contributed by atoms with Gasteiger partial charge < -0.3 is 15.2 Å². The third kappa shape index (κ3) is 2.52. The van der Waals surface area contributed by atoms with E-state index in [9.17, 15) is 14.7 Å². The number of fused-ring (bicyclic) bond motifs is 1. The van der Waals surface area contributed by atoms with Crippen molar-refractivity contribution >= 4 is 41.7 Å². The molecule has 1 amide bonds. The maximum absolute atomic E-state index is 11.8. The van der Waals surface area contributed by atoms with Gasteiger partial charge in [0.05, 0.1) is 10.6 Å². The van der Waals surface area contributed by atoms with Gasteiger partial charge >= 0.3 is 5.97 Å². The number of ether oxygens (including phenoxy) is 1. The van der Waals surface area contributed by atoms with Crippen molar-refractivity contribution in [3.63, 3.8) is 0 Å². The summed E-state index contributed by atoms with van der Waals surface area (Å²) in [4.78, 5) is 24.4. The van der Waals surface area contributed by atoms with Gasteiger partial charge in [-0.1, -0.05) is 11.8 Å². The molecule has 2 heterocycles. The molecule has 1 saturated heterocycles. The quantitative estimate of drug-likeness (QED) is 0.357. The van der Waals surface area contributed by atoms with E-state index < -0.39 is 12.1 Å². The highest BCUT2D eigenvalue weighted by molar-refractivity contribution is 8.22. The Balaban J connectivity index is 2.09. The fourth-order valence-corrected chi connectivity index (χ4v) is 4.73. The Kier molecular flexibility index (Phi) is 4.61. The van der Waals surface area contributed by atoms with Crippen molar-refractivity contribution in [3.05, 3.63) is 9.93 Å². The van der Waals surface area contributed by atoms with Crippen molar-refractivity contribution in [1.82, 2.24) is 10.2 Å². The number of nitrogens with one attached hydrogen (secondary N) is 2. The second kappa shape index (κ2) is 6.06. The minimum absolute atomic E-state index is 0.0443. The van der Waals surface area contributed by atoms with Gasteiger partial charge in [0, 0.05) is 18.9 Å². The molecule has 7 nitrogen and oxygen atoms in total.